The summed E-state index contributed by atoms with van der Waals surface area (Å²) < 4.78 is 12.0. The summed E-state index contributed by atoms with van der Waals surface area (Å²) in [5.74, 6) is 0.923. The number of nitriles is 1. The molecule has 9 heteroatoms. The van der Waals surface area contributed by atoms with Gasteiger partial charge in [0.1, 0.15) is 6.61 Å². The molecule has 0 atom stereocenters. The number of ether oxygens (including phenoxy) is 2. The number of nitrogens with zero attached hydrogens (tertiary/aromatic N) is 2. The maximum atomic E-state index is 11.0. The Morgan fingerprint density at radius 3 is 2.62 bits per heavy atom. The summed E-state index contributed by atoms with van der Waals surface area (Å²) in [7, 11) is 1.51. The van der Waals surface area contributed by atoms with Gasteiger partial charge in [0.15, 0.2) is 11.5 Å². The predicted octanol–water partition coefficient (Wildman–Crippen LogP) is 7.32. The molecule has 3 aromatic carbocycles. The van der Waals surface area contributed by atoms with E-state index in [4.69, 9.17) is 32.7 Å². The highest BCUT2D eigenvalue weighted by Crippen LogP contribution is 2.38. The maximum absolute atomic E-state index is 11.0. The quantitative estimate of drug-likeness (QED) is 0.137. The van der Waals surface area contributed by atoms with Crippen molar-refractivity contribution >= 4 is 56.5 Å². The highest BCUT2D eigenvalue weighted by molar-refractivity contribution is 9.10. The van der Waals surface area contributed by atoms with Crippen LogP contribution in [0.5, 0.6) is 11.5 Å². The normalized spacial score (nSPS) is 11.0. The highest BCUT2D eigenvalue weighted by atomic mass is 79.9. The number of rotatable bonds is 7. The van der Waals surface area contributed by atoms with E-state index in [-0.39, 0.29) is 17.9 Å². The summed E-state index contributed by atoms with van der Waals surface area (Å²) >= 11 is 15.5. The zero-order valence-electron chi connectivity index (χ0n) is 16.6. The third kappa shape index (κ3) is 5.60. The second-order valence-electron chi connectivity index (χ2n) is 6.55. The summed E-state index contributed by atoms with van der Waals surface area (Å²) in [5.41, 5.74) is 2.10. The van der Waals surface area contributed by atoms with Crippen LogP contribution in [0.3, 0.4) is 0 Å². The first-order chi connectivity index (χ1) is 15.3. The van der Waals surface area contributed by atoms with E-state index < -0.39 is 4.92 Å². The van der Waals surface area contributed by atoms with Crippen molar-refractivity contribution in [3.05, 3.63) is 95.9 Å². The zero-order valence-corrected chi connectivity index (χ0v) is 19.7. The Kier molecular flexibility index (Phi) is 7.75. The number of non-ortho nitro benzene ring substituents is 1. The number of hydrogen-bond acceptors (Lipinski definition) is 5. The molecule has 6 nitrogen and oxygen atoms in total. The Balaban J connectivity index is 1.91. The first kappa shape index (κ1) is 23.6. The molecule has 0 N–H and O–H groups in total. The first-order valence-electron chi connectivity index (χ1n) is 9.13. The second-order valence-corrected chi connectivity index (χ2v) is 8.22. The number of halogens is 3. The summed E-state index contributed by atoms with van der Waals surface area (Å²) in [4.78, 5) is 10.5. The molecule has 0 heterocycles. The van der Waals surface area contributed by atoms with Crippen molar-refractivity contribution in [1.82, 2.24) is 0 Å². The van der Waals surface area contributed by atoms with Crippen LogP contribution >= 0.6 is 39.1 Å². The lowest BCUT2D eigenvalue weighted by Gasteiger charge is -2.14. The molecule has 0 saturated carbocycles. The van der Waals surface area contributed by atoms with E-state index in [1.807, 2.05) is 6.07 Å². The van der Waals surface area contributed by atoms with Gasteiger partial charge in [0.25, 0.3) is 5.69 Å². The van der Waals surface area contributed by atoms with E-state index in [1.165, 1.54) is 25.3 Å². The van der Waals surface area contributed by atoms with Crippen LogP contribution in [0.1, 0.15) is 16.7 Å². The van der Waals surface area contributed by atoms with Crippen molar-refractivity contribution in [3.8, 4) is 17.6 Å². The van der Waals surface area contributed by atoms with Gasteiger partial charge in [-0.1, -0.05) is 41.4 Å². The molecule has 0 saturated heterocycles. The molecule has 0 fully saturated rings. The van der Waals surface area contributed by atoms with E-state index in [0.29, 0.717) is 37.1 Å². The monoisotopic (exact) mass is 532 g/mol. The smallest absolute Gasteiger partial charge is 0.270 e. The van der Waals surface area contributed by atoms with Gasteiger partial charge in [-0.25, -0.2) is 0 Å². The summed E-state index contributed by atoms with van der Waals surface area (Å²) in [6, 6.07) is 16.7. The standard InChI is InChI=1S/C23H15BrCl2N2O4/c1-31-22-10-15(7-17(12-27)16-3-2-4-18(11-16)28(29)30)8-19(24)23(22)32-13-14-5-6-20(25)21(26)9-14/h2-11H,13H2,1H3/b17-7-. The van der Waals surface area contributed by atoms with E-state index in [0.717, 1.165) is 5.56 Å². The van der Waals surface area contributed by atoms with Crippen LogP contribution in [-0.4, -0.2) is 12.0 Å². The third-order valence-electron chi connectivity index (χ3n) is 4.42. The Morgan fingerprint density at radius 1 is 1.19 bits per heavy atom. The molecule has 0 spiro atoms. The molecule has 0 unspecified atom stereocenters. The van der Waals surface area contributed by atoms with Crippen LogP contribution in [0.15, 0.2) is 59.1 Å². The van der Waals surface area contributed by atoms with E-state index in [1.54, 1.807) is 36.4 Å². The molecule has 162 valence electrons. The molecule has 0 bridgehead atoms. The first-order valence-corrected chi connectivity index (χ1v) is 10.7. The van der Waals surface area contributed by atoms with Gasteiger partial charge in [0.05, 0.1) is 38.2 Å². The lowest BCUT2D eigenvalue weighted by Crippen LogP contribution is -1.99. The molecule has 0 aromatic heterocycles. The molecular formula is C23H15BrCl2N2O4. The number of allylic oxidation sites excluding steroid dienone is 1. The average Bonchev–Trinajstić information content (AvgIpc) is 2.78. The lowest BCUT2D eigenvalue weighted by atomic mass is 10.0. The van der Waals surface area contributed by atoms with Crippen LogP contribution in [0.25, 0.3) is 11.6 Å². The van der Waals surface area contributed by atoms with Crippen LogP contribution < -0.4 is 9.47 Å². The SMILES string of the molecule is COc1cc(/C=C(/C#N)c2cccc([N+](=O)[O-])c2)cc(Br)c1OCc1ccc(Cl)c(Cl)c1. The van der Waals surface area contributed by atoms with Gasteiger partial charge in [-0.05, 0) is 63.0 Å². The van der Waals surface area contributed by atoms with Gasteiger partial charge < -0.3 is 9.47 Å². The largest absolute Gasteiger partial charge is 0.493 e. The van der Waals surface area contributed by atoms with Crippen LogP contribution in [0.4, 0.5) is 5.69 Å². The molecule has 0 amide bonds. The fraction of sp³-hybridized carbons (Fsp3) is 0.0870. The number of hydrogen-bond donors (Lipinski definition) is 0. The maximum Gasteiger partial charge on any atom is 0.270 e. The van der Waals surface area contributed by atoms with E-state index in [9.17, 15) is 15.4 Å². The number of nitro benzene ring substituents is 1. The molecule has 0 aliphatic carbocycles. The number of benzene rings is 3. The van der Waals surface area contributed by atoms with Crippen molar-refractivity contribution < 1.29 is 14.4 Å². The van der Waals surface area contributed by atoms with E-state index in [2.05, 4.69) is 22.0 Å². The summed E-state index contributed by atoms with van der Waals surface area (Å²) in [6.07, 6.45) is 1.62. The van der Waals surface area contributed by atoms with Gasteiger partial charge in [-0.2, -0.15) is 5.26 Å². The Hall–Kier alpha value is -3.05. The molecule has 0 aliphatic heterocycles. The highest BCUT2D eigenvalue weighted by Gasteiger charge is 2.14. The van der Waals surface area contributed by atoms with Gasteiger partial charge in [-0.15, -0.1) is 0 Å². The van der Waals surface area contributed by atoms with Crippen LogP contribution in [0, 0.1) is 21.4 Å². The van der Waals surface area contributed by atoms with Crippen molar-refractivity contribution in [2.75, 3.05) is 7.11 Å². The molecule has 32 heavy (non-hydrogen) atoms. The average molecular weight is 534 g/mol. The third-order valence-corrected chi connectivity index (χ3v) is 5.75. The Morgan fingerprint density at radius 2 is 1.97 bits per heavy atom. The molecule has 3 rings (SSSR count). The van der Waals surface area contributed by atoms with Gasteiger partial charge in [-0.3, -0.25) is 10.1 Å². The molecule has 3 aromatic rings. The second kappa shape index (κ2) is 10.5. The minimum Gasteiger partial charge on any atom is -0.493 e. The van der Waals surface area contributed by atoms with Gasteiger partial charge in [0.2, 0.25) is 0 Å². The minimum absolute atomic E-state index is 0.0894. The molecular weight excluding hydrogens is 519 g/mol. The molecule has 0 radical (unpaired) electrons. The topological polar surface area (TPSA) is 85.4 Å². The fourth-order valence-corrected chi connectivity index (χ4v) is 3.78. The van der Waals surface area contributed by atoms with Gasteiger partial charge >= 0.3 is 0 Å². The zero-order chi connectivity index (χ0) is 23.3. The molecule has 0 aliphatic rings. The van der Waals surface area contributed by atoms with Gasteiger partial charge in [0, 0.05) is 12.1 Å². The number of methoxy groups -OCH3 is 1. The summed E-state index contributed by atoms with van der Waals surface area (Å²) in [6.45, 7) is 0.234. The van der Waals surface area contributed by atoms with Crippen LogP contribution in [-0.2, 0) is 6.61 Å². The lowest BCUT2D eigenvalue weighted by molar-refractivity contribution is -0.384. The summed E-state index contributed by atoms with van der Waals surface area (Å²) in [5, 5.41) is 21.5. The van der Waals surface area contributed by atoms with Crippen molar-refractivity contribution in [2.24, 2.45) is 0 Å². The Labute approximate surface area is 202 Å². The number of nitro groups is 1. The fourth-order valence-electron chi connectivity index (χ4n) is 2.88. The van der Waals surface area contributed by atoms with Crippen molar-refractivity contribution in [2.45, 2.75) is 6.61 Å². The van der Waals surface area contributed by atoms with E-state index >= 15 is 0 Å². The van der Waals surface area contributed by atoms with Crippen molar-refractivity contribution in [1.29, 1.82) is 5.26 Å². The van der Waals surface area contributed by atoms with Crippen molar-refractivity contribution in [3.63, 3.8) is 0 Å². The Bertz CT molecular complexity index is 1260. The van der Waals surface area contributed by atoms with Crippen LogP contribution in [0.2, 0.25) is 10.0 Å². The predicted molar refractivity (Wildman–Crippen MR) is 128 cm³/mol. The minimum atomic E-state index is -0.502.